The molecule has 19 heteroatoms. The monoisotopic (exact) mass is 1380 g/mol. The van der Waals surface area contributed by atoms with E-state index in [1.807, 2.05) is 0 Å². The molecule has 6 atom stereocenters. The summed E-state index contributed by atoms with van der Waals surface area (Å²) in [5.74, 6) is 0.900. The zero-order valence-electron chi connectivity index (χ0n) is 61.6. The largest absolute Gasteiger partial charge is 0.472 e. The molecule has 0 aromatic heterocycles. The number of carbonyl (C=O) groups is 4. The van der Waals surface area contributed by atoms with Crippen molar-refractivity contribution in [3.63, 3.8) is 0 Å². The molecule has 0 amide bonds. The fourth-order valence-electron chi connectivity index (χ4n) is 11.3. The molecule has 0 saturated carbocycles. The van der Waals surface area contributed by atoms with Gasteiger partial charge in [-0.25, -0.2) is 9.13 Å². The third-order valence-electron chi connectivity index (χ3n) is 17.7. The van der Waals surface area contributed by atoms with Gasteiger partial charge < -0.3 is 33.8 Å². The van der Waals surface area contributed by atoms with E-state index in [9.17, 15) is 43.2 Å². The minimum Gasteiger partial charge on any atom is -0.462 e. The summed E-state index contributed by atoms with van der Waals surface area (Å²) in [5.41, 5.74) is 0. The number of phosphoric ester groups is 2. The standard InChI is InChI=1S/C75H146O17P2/c1-9-68(8)54-46-38-29-23-19-15-11-13-17-21-25-31-42-50-57-74(79)91-70(61-85-72(77)55-47-39-32-26-28-36-44-52-66(4)5)63-89-93(81,82)87-59-69(76)60-88-94(83,84)90-64-71(62-86-73(78)56-48-40-34-33-37-45-53-67(6)7)92-75(80)58-49-41-30-24-20-16-12-10-14-18-22-27-35-43-51-65(2)3/h65-71,76H,9-64H2,1-8H3,(H,81,82)(H,83,84)/t68?,69?,70-,71-/m1/s1. The van der Waals surface area contributed by atoms with Gasteiger partial charge in [0.25, 0.3) is 0 Å². The Morgan fingerprint density at radius 2 is 0.511 bits per heavy atom. The maximum atomic E-state index is 13.0. The average molecular weight is 1380 g/mol. The van der Waals surface area contributed by atoms with Crippen LogP contribution in [-0.2, 0) is 65.4 Å². The SMILES string of the molecule is CCC(C)CCCCCCCCCCCCCCCCC(=O)O[C@H](COC(=O)CCCCCCCCCC(C)C)COP(=O)(O)OCC(O)COP(=O)(O)OC[C@@H](COC(=O)CCCCCCCCC(C)C)OC(=O)CCCCCCCCCCCCCCCCC(C)C. The Bertz CT molecular complexity index is 1850. The molecule has 0 fully saturated rings. The van der Waals surface area contributed by atoms with E-state index in [1.54, 1.807) is 0 Å². The van der Waals surface area contributed by atoms with Crippen LogP contribution >= 0.6 is 15.6 Å². The van der Waals surface area contributed by atoms with E-state index < -0.39 is 97.5 Å². The van der Waals surface area contributed by atoms with Gasteiger partial charge in [0.2, 0.25) is 0 Å². The van der Waals surface area contributed by atoms with Crippen LogP contribution in [-0.4, -0.2) is 96.7 Å². The molecule has 0 aromatic rings. The summed E-state index contributed by atoms with van der Waals surface area (Å²) in [4.78, 5) is 72.7. The molecule has 0 aliphatic rings. The highest BCUT2D eigenvalue weighted by atomic mass is 31.2. The molecular formula is C75H146O17P2. The van der Waals surface area contributed by atoms with Crippen molar-refractivity contribution < 1.29 is 80.2 Å². The molecule has 3 N–H and O–H groups in total. The Kier molecular flexibility index (Phi) is 63.1. The molecule has 0 aromatic carbocycles. The van der Waals surface area contributed by atoms with Crippen molar-refractivity contribution in [2.45, 2.75) is 395 Å². The molecule has 0 aliphatic carbocycles. The topological polar surface area (TPSA) is 237 Å². The Hall–Kier alpha value is -1.94. The first-order valence-corrected chi connectivity index (χ1v) is 41.7. The summed E-state index contributed by atoms with van der Waals surface area (Å²) >= 11 is 0. The Labute approximate surface area is 575 Å². The number of hydrogen-bond acceptors (Lipinski definition) is 15. The van der Waals surface area contributed by atoms with Crippen molar-refractivity contribution in [3.8, 4) is 0 Å². The summed E-state index contributed by atoms with van der Waals surface area (Å²) in [5, 5.41) is 10.6. The number of rotatable bonds is 72. The summed E-state index contributed by atoms with van der Waals surface area (Å²) in [6, 6.07) is 0. The molecule has 0 bridgehead atoms. The third kappa shape index (κ3) is 67.3. The van der Waals surface area contributed by atoms with Crippen LogP contribution in [0.4, 0.5) is 0 Å². The molecule has 0 rings (SSSR count). The van der Waals surface area contributed by atoms with Gasteiger partial charge in [0.05, 0.1) is 26.4 Å². The van der Waals surface area contributed by atoms with Gasteiger partial charge >= 0.3 is 39.5 Å². The highest BCUT2D eigenvalue weighted by molar-refractivity contribution is 7.47. The molecule has 558 valence electrons. The predicted molar refractivity (Wildman–Crippen MR) is 381 cm³/mol. The normalized spacial score (nSPS) is 14.4. The maximum Gasteiger partial charge on any atom is 0.472 e. The predicted octanol–water partition coefficient (Wildman–Crippen LogP) is 21.7. The summed E-state index contributed by atoms with van der Waals surface area (Å²) in [6.07, 6.45) is 48.8. The zero-order chi connectivity index (χ0) is 69.6. The van der Waals surface area contributed by atoms with Crippen LogP contribution in [0.5, 0.6) is 0 Å². The lowest BCUT2D eigenvalue weighted by molar-refractivity contribution is -0.161. The van der Waals surface area contributed by atoms with E-state index in [-0.39, 0.29) is 25.7 Å². The lowest BCUT2D eigenvalue weighted by Crippen LogP contribution is -2.30. The number of hydrogen-bond donors (Lipinski definition) is 3. The molecule has 17 nitrogen and oxygen atoms in total. The molecule has 0 saturated heterocycles. The van der Waals surface area contributed by atoms with Gasteiger partial charge in [0.15, 0.2) is 12.2 Å². The van der Waals surface area contributed by atoms with Crippen LogP contribution in [0.1, 0.15) is 376 Å². The fourth-order valence-corrected chi connectivity index (χ4v) is 12.9. The van der Waals surface area contributed by atoms with Crippen molar-refractivity contribution in [2.75, 3.05) is 39.6 Å². The van der Waals surface area contributed by atoms with E-state index in [1.165, 1.54) is 167 Å². The second-order valence-corrected chi connectivity index (χ2v) is 31.6. The second-order valence-electron chi connectivity index (χ2n) is 28.7. The lowest BCUT2D eigenvalue weighted by Gasteiger charge is -2.21. The molecule has 94 heavy (non-hydrogen) atoms. The Balaban J connectivity index is 5.20. The number of aliphatic hydroxyl groups is 1. The van der Waals surface area contributed by atoms with Crippen molar-refractivity contribution in [2.24, 2.45) is 23.7 Å². The summed E-state index contributed by atoms with van der Waals surface area (Å²) in [7, 11) is -9.91. The van der Waals surface area contributed by atoms with Crippen LogP contribution in [0.25, 0.3) is 0 Å². The Morgan fingerprint density at radius 1 is 0.298 bits per heavy atom. The summed E-state index contributed by atoms with van der Waals surface area (Å²) in [6.45, 7) is 14.1. The van der Waals surface area contributed by atoms with Crippen LogP contribution in [0.2, 0.25) is 0 Å². The second kappa shape index (κ2) is 64.4. The first-order chi connectivity index (χ1) is 45.1. The zero-order valence-corrected chi connectivity index (χ0v) is 63.4. The fraction of sp³-hybridized carbons (Fsp3) is 0.947. The number of ether oxygens (including phenoxy) is 4. The highest BCUT2D eigenvalue weighted by Crippen LogP contribution is 2.45. The van der Waals surface area contributed by atoms with Crippen LogP contribution in [0, 0.1) is 23.7 Å². The third-order valence-corrected chi connectivity index (χ3v) is 19.6. The van der Waals surface area contributed by atoms with Gasteiger partial charge in [0.1, 0.15) is 19.3 Å². The molecule has 0 spiro atoms. The molecule has 0 aliphatic heterocycles. The quantitative estimate of drug-likeness (QED) is 0.0222. The number of carbonyl (C=O) groups excluding carboxylic acids is 4. The lowest BCUT2D eigenvalue weighted by atomic mass is 9.99. The van der Waals surface area contributed by atoms with E-state index in [0.29, 0.717) is 37.5 Å². The van der Waals surface area contributed by atoms with Gasteiger partial charge in [-0.05, 0) is 49.4 Å². The minimum atomic E-state index is -4.96. The van der Waals surface area contributed by atoms with Gasteiger partial charge in [-0.1, -0.05) is 325 Å². The van der Waals surface area contributed by atoms with Crippen molar-refractivity contribution in [1.29, 1.82) is 0 Å². The van der Waals surface area contributed by atoms with Crippen LogP contribution < -0.4 is 0 Å². The number of aliphatic hydroxyl groups excluding tert-OH is 1. The van der Waals surface area contributed by atoms with Gasteiger partial charge in [0, 0.05) is 25.7 Å². The average Bonchev–Trinajstić information content (AvgIpc) is 1.99. The Morgan fingerprint density at radius 3 is 0.755 bits per heavy atom. The number of phosphoric acid groups is 2. The van der Waals surface area contributed by atoms with Crippen molar-refractivity contribution >= 4 is 39.5 Å². The van der Waals surface area contributed by atoms with Crippen molar-refractivity contribution in [1.82, 2.24) is 0 Å². The molecular weight excluding hydrogens is 1230 g/mol. The van der Waals surface area contributed by atoms with E-state index in [2.05, 4.69) is 55.4 Å². The van der Waals surface area contributed by atoms with Gasteiger partial charge in [-0.2, -0.15) is 0 Å². The van der Waals surface area contributed by atoms with Crippen molar-refractivity contribution in [3.05, 3.63) is 0 Å². The summed E-state index contributed by atoms with van der Waals surface area (Å²) < 4.78 is 68.4. The van der Waals surface area contributed by atoms with Crippen LogP contribution in [0.3, 0.4) is 0 Å². The minimum absolute atomic E-state index is 0.106. The van der Waals surface area contributed by atoms with E-state index in [4.69, 9.17) is 37.0 Å². The molecule has 0 heterocycles. The number of esters is 4. The van der Waals surface area contributed by atoms with E-state index in [0.717, 1.165) is 115 Å². The van der Waals surface area contributed by atoms with E-state index >= 15 is 0 Å². The molecule has 0 radical (unpaired) electrons. The smallest absolute Gasteiger partial charge is 0.462 e. The number of unbranched alkanes of at least 4 members (excludes halogenated alkanes) is 37. The first kappa shape index (κ1) is 92.1. The highest BCUT2D eigenvalue weighted by Gasteiger charge is 2.30. The van der Waals surface area contributed by atoms with Gasteiger partial charge in [-0.3, -0.25) is 37.3 Å². The maximum absolute atomic E-state index is 13.0. The molecule has 4 unspecified atom stereocenters. The van der Waals surface area contributed by atoms with Gasteiger partial charge in [-0.15, -0.1) is 0 Å². The first-order valence-electron chi connectivity index (χ1n) is 38.7. The van der Waals surface area contributed by atoms with Crippen LogP contribution in [0.15, 0.2) is 0 Å².